The van der Waals surface area contributed by atoms with Crippen LogP contribution in [0, 0.1) is 29.1 Å². The van der Waals surface area contributed by atoms with Gasteiger partial charge in [0.25, 0.3) is 0 Å². The second-order valence-electron chi connectivity index (χ2n) is 7.74. The molecule has 13 heteroatoms. The van der Waals surface area contributed by atoms with Crippen LogP contribution in [0.15, 0.2) is 36.4 Å². The zero-order valence-electron chi connectivity index (χ0n) is 18.6. The molecule has 37 heavy (non-hydrogen) atoms. The fourth-order valence-electron chi connectivity index (χ4n) is 3.44. The summed E-state index contributed by atoms with van der Waals surface area (Å²) < 4.78 is 145. The predicted octanol–water partition coefficient (Wildman–Crippen LogP) is 8.12. The molecule has 3 rings (SSSR count). The van der Waals surface area contributed by atoms with Crippen LogP contribution in [0.2, 0.25) is 0 Å². The molecule has 0 spiro atoms. The van der Waals surface area contributed by atoms with Gasteiger partial charge in [0, 0.05) is 23.8 Å². The van der Waals surface area contributed by atoms with Crippen LogP contribution in [-0.2, 0) is 12.5 Å². The lowest BCUT2D eigenvalue weighted by Crippen LogP contribution is -2.26. The van der Waals surface area contributed by atoms with Gasteiger partial charge in [-0.2, -0.15) is 8.78 Å². The molecule has 0 fully saturated rings. The number of hydrogen-bond donors (Lipinski definition) is 1. The van der Waals surface area contributed by atoms with E-state index in [9.17, 15) is 44.6 Å². The normalized spacial score (nSPS) is 12.1. The SMILES string of the molecule is CCCCc1ccc(-c2c(O)cc(F)c(C(F)(F)Oc3cc(F)c(OC(F)(F)F)c(F)c3)c2F)c(F)c1. The highest BCUT2D eigenvalue weighted by Crippen LogP contribution is 2.43. The Bertz CT molecular complexity index is 1280. The van der Waals surface area contributed by atoms with Crippen LogP contribution in [0.4, 0.5) is 43.9 Å². The fourth-order valence-corrected chi connectivity index (χ4v) is 3.44. The van der Waals surface area contributed by atoms with Gasteiger partial charge < -0.3 is 14.6 Å². The Morgan fingerprint density at radius 2 is 1.41 bits per heavy atom. The second kappa shape index (κ2) is 10.4. The lowest BCUT2D eigenvalue weighted by atomic mass is 9.97. The highest BCUT2D eigenvalue weighted by atomic mass is 19.4. The largest absolute Gasteiger partial charge is 0.573 e. The zero-order valence-corrected chi connectivity index (χ0v) is 18.6. The molecular formula is C24H16F10O3. The molecule has 0 saturated heterocycles. The van der Waals surface area contributed by atoms with E-state index in [1.807, 2.05) is 6.92 Å². The number of phenolic OH excluding ortho intramolecular Hbond substituents is 1. The number of aryl methyl sites for hydroxylation is 1. The first kappa shape index (κ1) is 27.9. The van der Waals surface area contributed by atoms with E-state index in [0.29, 0.717) is 18.4 Å². The molecule has 0 unspecified atom stereocenters. The average molecular weight is 542 g/mol. The highest BCUT2D eigenvalue weighted by Gasteiger charge is 2.43. The molecule has 1 N–H and O–H groups in total. The van der Waals surface area contributed by atoms with Crippen LogP contribution in [0.5, 0.6) is 17.2 Å². The maximum Gasteiger partial charge on any atom is 0.573 e. The van der Waals surface area contributed by atoms with Crippen molar-refractivity contribution in [2.75, 3.05) is 0 Å². The number of unbranched alkanes of at least 4 members (excludes halogenated alkanes) is 1. The molecule has 0 aliphatic carbocycles. The monoisotopic (exact) mass is 542 g/mol. The van der Waals surface area contributed by atoms with E-state index in [2.05, 4.69) is 9.47 Å². The first-order chi connectivity index (χ1) is 17.1. The maximum atomic E-state index is 15.2. The van der Waals surface area contributed by atoms with Gasteiger partial charge in [-0.05, 0) is 24.5 Å². The molecule has 3 nitrogen and oxygen atoms in total. The predicted molar refractivity (Wildman–Crippen MR) is 110 cm³/mol. The van der Waals surface area contributed by atoms with Crippen LogP contribution in [0.1, 0.15) is 30.9 Å². The summed E-state index contributed by atoms with van der Waals surface area (Å²) in [6, 6.07) is 3.10. The first-order valence-corrected chi connectivity index (χ1v) is 10.5. The van der Waals surface area contributed by atoms with Gasteiger partial charge in [-0.15, -0.1) is 13.2 Å². The van der Waals surface area contributed by atoms with Crippen molar-refractivity contribution in [2.24, 2.45) is 0 Å². The van der Waals surface area contributed by atoms with E-state index in [1.165, 1.54) is 6.07 Å². The number of hydrogen-bond acceptors (Lipinski definition) is 3. The summed E-state index contributed by atoms with van der Waals surface area (Å²) in [5.41, 5.74) is -3.52. The minimum absolute atomic E-state index is 0.0525. The second-order valence-corrected chi connectivity index (χ2v) is 7.74. The average Bonchev–Trinajstić information content (AvgIpc) is 2.74. The summed E-state index contributed by atoms with van der Waals surface area (Å²) in [6.07, 6.45) is -8.65. The van der Waals surface area contributed by atoms with Crippen LogP contribution in [-0.4, -0.2) is 11.5 Å². The van der Waals surface area contributed by atoms with Crippen molar-refractivity contribution < 1.29 is 58.5 Å². The third-order valence-corrected chi connectivity index (χ3v) is 5.05. The number of benzene rings is 3. The Balaban J connectivity index is 2.04. The number of aromatic hydroxyl groups is 1. The van der Waals surface area contributed by atoms with Crippen LogP contribution in [0.25, 0.3) is 11.1 Å². The Hall–Kier alpha value is -3.64. The van der Waals surface area contributed by atoms with Gasteiger partial charge in [0.05, 0.1) is 5.56 Å². The molecule has 0 heterocycles. The Kier molecular flexibility index (Phi) is 7.84. The van der Waals surface area contributed by atoms with Crippen molar-refractivity contribution >= 4 is 0 Å². The van der Waals surface area contributed by atoms with Crippen molar-refractivity contribution in [3.05, 3.63) is 76.6 Å². The third kappa shape index (κ3) is 6.20. The third-order valence-electron chi connectivity index (χ3n) is 5.05. The maximum absolute atomic E-state index is 15.2. The molecule has 0 aliphatic heterocycles. The summed E-state index contributed by atoms with van der Waals surface area (Å²) in [4.78, 5) is 0. The zero-order chi connectivity index (χ0) is 27.7. The van der Waals surface area contributed by atoms with Crippen LogP contribution in [0.3, 0.4) is 0 Å². The first-order valence-electron chi connectivity index (χ1n) is 10.5. The molecule has 3 aromatic rings. The van der Waals surface area contributed by atoms with Gasteiger partial charge >= 0.3 is 12.5 Å². The number of alkyl halides is 5. The van der Waals surface area contributed by atoms with Crippen LogP contribution < -0.4 is 9.47 Å². The van der Waals surface area contributed by atoms with Gasteiger partial charge in [-0.1, -0.05) is 25.5 Å². The summed E-state index contributed by atoms with van der Waals surface area (Å²) in [7, 11) is 0. The molecular weight excluding hydrogens is 526 g/mol. The van der Waals surface area contributed by atoms with E-state index < -0.39 is 75.5 Å². The number of phenols is 1. The smallest absolute Gasteiger partial charge is 0.507 e. The molecule has 0 bridgehead atoms. The molecule has 200 valence electrons. The highest BCUT2D eigenvalue weighted by molar-refractivity contribution is 5.73. The minimum atomic E-state index is -5.52. The topological polar surface area (TPSA) is 38.7 Å². The molecule has 0 aromatic heterocycles. The van der Waals surface area contributed by atoms with E-state index in [1.54, 1.807) is 0 Å². The van der Waals surface area contributed by atoms with Gasteiger partial charge in [0.2, 0.25) is 5.75 Å². The van der Waals surface area contributed by atoms with Crippen molar-refractivity contribution in [3.63, 3.8) is 0 Å². The molecule has 0 amide bonds. The van der Waals surface area contributed by atoms with Crippen molar-refractivity contribution in [3.8, 4) is 28.4 Å². The summed E-state index contributed by atoms with van der Waals surface area (Å²) >= 11 is 0. The van der Waals surface area contributed by atoms with Gasteiger partial charge in [0.15, 0.2) is 17.5 Å². The molecule has 0 atom stereocenters. The quantitative estimate of drug-likeness (QED) is 0.292. The summed E-state index contributed by atoms with van der Waals surface area (Å²) in [5.74, 6) is -14.2. The number of rotatable bonds is 8. The Morgan fingerprint density at radius 3 is 1.95 bits per heavy atom. The Morgan fingerprint density at radius 1 is 0.784 bits per heavy atom. The van der Waals surface area contributed by atoms with E-state index in [-0.39, 0.29) is 18.2 Å². The Labute approximate surface area is 202 Å². The summed E-state index contributed by atoms with van der Waals surface area (Å²) in [6.45, 7) is 1.88. The van der Waals surface area contributed by atoms with Crippen molar-refractivity contribution in [1.29, 1.82) is 0 Å². The minimum Gasteiger partial charge on any atom is -0.507 e. The van der Waals surface area contributed by atoms with E-state index in [4.69, 9.17) is 0 Å². The van der Waals surface area contributed by atoms with Gasteiger partial charge in [0.1, 0.15) is 28.7 Å². The molecule has 0 aliphatic rings. The van der Waals surface area contributed by atoms with Crippen molar-refractivity contribution in [2.45, 2.75) is 38.7 Å². The number of ether oxygens (including phenoxy) is 2. The standard InChI is InChI=1S/C24H16F10O3/c1-2-3-4-11-5-6-13(14(25)7-11)19-18(35)10-15(26)20(21(19)29)23(30,31)36-12-8-16(27)22(17(28)9-12)37-24(32,33)34/h5-10,35H,2-4H2,1H3. The number of halogens is 10. The van der Waals surface area contributed by atoms with Crippen LogP contribution >= 0.6 is 0 Å². The van der Waals surface area contributed by atoms with Gasteiger partial charge in [-0.3, -0.25) is 0 Å². The summed E-state index contributed by atoms with van der Waals surface area (Å²) in [5, 5.41) is 10.00. The molecule has 0 saturated carbocycles. The fraction of sp³-hybridized carbons (Fsp3) is 0.250. The molecule has 0 radical (unpaired) electrons. The van der Waals surface area contributed by atoms with Crippen molar-refractivity contribution in [1.82, 2.24) is 0 Å². The van der Waals surface area contributed by atoms with E-state index >= 15 is 4.39 Å². The lowest BCUT2D eigenvalue weighted by Gasteiger charge is -2.22. The lowest BCUT2D eigenvalue weighted by molar-refractivity contribution is -0.276. The van der Waals surface area contributed by atoms with E-state index in [0.717, 1.165) is 18.6 Å². The van der Waals surface area contributed by atoms with Gasteiger partial charge in [-0.25, -0.2) is 22.0 Å². The molecule has 3 aromatic carbocycles.